The minimum Gasteiger partial charge on any atom is -0.439 e. The molecule has 4 rings (SSSR count). The summed E-state index contributed by atoms with van der Waals surface area (Å²) in [5.41, 5.74) is 1.03. The van der Waals surface area contributed by atoms with Gasteiger partial charge in [0.2, 0.25) is 5.89 Å². The van der Waals surface area contributed by atoms with Gasteiger partial charge in [-0.3, -0.25) is 9.69 Å². The lowest BCUT2D eigenvalue weighted by Gasteiger charge is -2.36. The van der Waals surface area contributed by atoms with Gasteiger partial charge in [0.25, 0.3) is 5.91 Å². The summed E-state index contributed by atoms with van der Waals surface area (Å²) < 4.78 is 11.4. The van der Waals surface area contributed by atoms with Gasteiger partial charge in [-0.25, -0.2) is 4.98 Å². The Kier molecular flexibility index (Phi) is 8.72. The van der Waals surface area contributed by atoms with Crippen molar-refractivity contribution in [2.45, 2.75) is 12.6 Å². The van der Waals surface area contributed by atoms with Crippen molar-refractivity contribution >= 4 is 30.7 Å². The topological polar surface area (TPSA) is 70.8 Å². The number of halogens is 2. The van der Waals surface area contributed by atoms with Gasteiger partial charge in [0.15, 0.2) is 5.76 Å². The summed E-state index contributed by atoms with van der Waals surface area (Å²) in [6.07, 6.45) is 1.44. The molecule has 2 aliphatic heterocycles. The summed E-state index contributed by atoms with van der Waals surface area (Å²) in [6, 6.07) is 9.97. The molecule has 28 heavy (non-hydrogen) atoms. The number of carbonyl (C=O) groups is 1. The van der Waals surface area contributed by atoms with Crippen molar-refractivity contribution in [2.75, 3.05) is 45.9 Å². The predicted octanol–water partition coefficient (Wildman–Crippen LogP) is 1.82. The van der Waals surface area contributed by atoms with Crippen molar-refractivity contribution in [1.29, 1.82) is 0 Å². The molecule has 0 spiro atoms. The maximum atomic E-state index is 12.5. The van der Waals surface area contributed by atoms with Crippen LogP contribution in [0, 0.1) is 0 Å². The molecule has 9 heteroatoms. The first-order valence-corrected chi connectivity index (χ1v) is 9.13. The van der Waals surface area contributed by atoms with E-state index in [1.165, 1.54) is 0 Å². The molecule has 0 radical (unpaired) electrons. The molecule has 0 saturated carbocycles. The first-order chi connectivity index (χ1) is 12.8. The Morgan fingerprint density at radius 2 is 1.89 bits per heavy atom. The van der Waals surface area contributed by atoms with Crippen LogP contribution in [-0.2, 0) is 16.1 Å². The molecule has 1 atom stereocenters. The first kappa shape index (κ1) is 22.6. The van der Waals surface area contributed by atoms with Crippen molar-refractivity contribution in [2.24, 2.45) is 0 Å². The molecule has 2 saturated heterocycles. The van der Waals surface area contributed by atoms with Crippen LogP contribution in [0.5, 0.6) is 0 Å². The van der Waals surface area contributed by atoms with Gasteiger partial charge in [-0.2, -0.15) is 0 Å². The highest BCUT2D eigenvalue weighted by Crippen LogP contribution is 2.20. The van der Waals surface area contributed by atoms with Gasteiger partial charge >= 0.3 is 0 Å². The molecule has 1 unspecified atom stereocenters. The van der Waals surface area contributed by atoms with E-state index in [0.717, 1.165) is 31.0 Å². The molecular weight excluding hydrogens is 403 g/mol. The van der Waals surface area contributed by atoms with Crippen molar-refractivity contribution < 1.29 is 13.9 Å². The normalized spacial score (nSPS) is 20.1. The number of carbonyl (C=O) groups excluding carboxylic acids is 1. The average molecular weight is 429 g/mol. The Morgan fingerprint density at radius 1 is 1.14 bits per heavy atom. The van der Waals surface area contributed by atoms with Crippen LogP contribution in [0.15, 0.2) is 40.9 Å². The Bertz CT molecular complexity index is 730. The number of oxazole rings is 1. The van der Waals surface area contributed by atoms with Crippen molar-refractivity contribution in [3.63, 3.8) is 0 Å². The average Bonchev–Trinajstić information content (AvgIpc) is 3.18. The van der Waals surface area contributed by atoms with Crippen LogP contribution in [0.3, 0.4) is 0 Å². The van der Waals surface area contributed by atoms with E-state index in [1.807, 2.05) is 35.2 Å². The molecule has 2 aromatic rings. The maximum absolute atomic E-state index is 12.5. The molecule has 2 fully saturated rings. The van der Waals surface area contributed by atoms with E-state index in [-0.39, 0.29) is 36.8 Å². The number of piperazine rings is 1. The van der Waals surface area contributed by atoms with Crippen LogP contribution < -0.4 is 5.32 Å². The van der Waals surface area contributed by atoms with Crippen molar-refractivity contribution in [3.8, 4) is 11.3 Å². The molecule has 0 aliphatic carbocycles. The Balaban J connectivity index is 0.00000140. The van der Waals surface area contributed by atoms with Crippen LogP contribution >= 0.6 is 24.8 Å². The highest BCUT2D eigenvalue weighted by atomic mass is 35.5. The standard InChI is InChI=1S/C19H24N4O3.2ClH/c24-19(17-12-20-6-11-25-17)23-9-7-22(8-10-23)14-18-21-13-16(26-18)15-4-2-1-3-5-15;;/h1-5,13,17,20H,6-12,14H2;2*1H. The molecule has 1 amide bonds. The fourth-order valence-corrected chi connectivity index (χ4v) is 3.36. The van der Waals surface area contributed by atoms with Gasteiger partial charge in [0.1, 0.15) is 6.10 Å². The van der Waals surface area contributed by atoms with Gasteiger partial charge in [-0.1, -0.05) is 30.3 Å². The van der Waals surface area contributed by atoms with E-state index in [9.17, 15) is 4.79 Å². The second-order valence-corrected chi connectivity index (χ2v) is 6.65. The maximum Gasteiger partial charge on any atom is 0.253 e. The van der Waals surface area contributed by atoms with Crippen molar-refractivity contribution in [1.82, 2.24) is 20.1 Å². The summed E-state index contributed by atoms with van der Waals surface area (Å²) in [4.78, 5) is 21.1. The van der Waals surface area contributed by atoms with Gasteiger partial charge in [-0.05, 0) is 0 Å². The minimum atomic E-state index is -0.338. The summed E-state index contributed by atoms with van der Waals surface area (Å²) in [6.45, 7) is 5.75. The van der Waals surface area contributed by atoms with Crippen molar-refractivity contribution in [3.05, 3.63) is 42.4 Å². The van der Waals surface area contributed by atoms with Gasteiger partial charge in [0.05, 0.1) is 19.3 Å². The number of benzene rings is 1. The number of rotatable bonds is 4. The number of hydrogen-bond acceptors (Lipinski definition) is 6. The van der Waals surface area contributed by atoms with E-state index in [1.54, 1.807) is 6.20 Å². The van der Waals surface area contributed by atoms with E-state index in [4.69, 9.17) is 9.15 Å². The Hall–Kier alpha value is -1.64. The van der Waals surface area contributed by atoms with E-state index in [0.29, 0.717) is 38.7 Å². The highest BCUT2D eigenvalue weighted by molar-refractivity contribution is 5.85. The fourth-order valence-electron chi connectivity index (χ4n) is 3.36. The highest BCUT2D eigenvalue weighted by Gasteiger charge is 2.29. The van der Waals surface area contributed by atoms with Gasteiger partial charge in [-0.15, -0.1) is 24.8 Å². The lowest BCUT2D eigenvalue weighted by Crippen LogP contribution is -2.54. The van der Waals surface area contributed by atoms with Gasteiger partial charge in [0, 0.05) is 44.8 Å². The molecule has 3 heterocycles. The first-order valence-electron chi connectivity index (χ1n) is 9.13. The number of hydrogen-bond donors (Lipinski definition) is 1. The number of nitrogens with zero attached hydrogens (tertiary/aromatic N) is 3. The summed E-state index contributed by atoms with van der Waals surface area (Å²) >= 11 is 0. The third-order valence-electron chi connectivity index (χ3n) is 4.86. The molecular formula is C19H26Cl2N4O3. The molecule has 1 aromatic carbocycles. The summed E-state index contributed by atoms with van der Waals surface area (Å²) in [5.74, 6) is 1.60. The third kappa shape index (κ3) is 5.46. The molecule has 0 bridgehead atoms. The smallest absolute Gasteiger partial charge is 0.253 e. The molecule has 7 nitrogen and oxygen atoms in total. The minimum absolute atomic E-state index is 0. The second-order valence-electron chi connectivity index (χ2n) is 6.65. The zero-order valence-electron chi connectivity index (χ0n) is 15.6. The zero-order valence-corrected chi connectivity index (χ0v) is 17.2. The second kappa shape index (κ2) is 10.8. The number of nitrogens with one attached hydrogen (secondary N) is 1. The number of morpholine rings is 1. The monoisotopic (exact) mass is 428 g/mol. The quantitative estimate of drug-likeness (QED) is 0.800. The predicted molar refractivity (Wildman–Crippen MR) is 111 cm³/mol. The SMILES string of the molecule is Cl.Cl.O=C(C1CNCCO1)N1CCN(Cc2ncc(-c3ccccc3)o2)CC1. The lowest BCUT2D eigenvalue weighted by molar-refractivity contribution is -0.147. The number of aromatic nitrogens is 1. The molecule has 2 aliphatic rings. The third-order valence-corrected chi connectivity index (χ3v) is 4.86. The summed E-state index contributed by atoms with van der Waals surface area (Å²) in [7, 11) is 0. The van der Waals surface area contributed by atoms with Gasteiger partial charge < -0.3 is 19.4 Å². The lowest BCUT2D eigenvalue weighted by atomic mass is 10.2. The van der Waals surface area contributed by atoms with Crippen LogP contribution in [0.1, 0.15) is 5.89 Å². The van der Waals surface area contributed by atoms with Crippen LogP contribution in [0.2, 0.25) is 0 Å². The Morgan fingerprint density at radius 3 is 2.57 bits per heavy atom. The number of ether oxygens (including phenoxy) is 1. The van der Waals surface area contributed by atoms with Crippen LogP contribution in [0.25, 0.3) is 11.3 Å². The summed E-state index contributed by atoms with van der Waals surface area (Å²) in [5, 5.41) is 3.21. The largest absolute Gasteiger partial charge is 0.439 e. The van der Waals surface area contributed by atoms with E-state index in [2.05, 4.69) is 15.2 Å². The van der Waals surface area contributed by atoms with E-state index >= 15 is 0 Å². The van der Waals surface area contributed by atoms with Crippen LogP contribution in [-0.4, -0.2) is 72.7 Å². The molecule has 1 N–H and O–H groups in total. The zero-order chi connectivity index (χ0) is 17.8. The van der Waals surface area contributed by atoms with E-state index < -0.39 is 0 Å². The van der Waals surface area contributed by atoms with Crippen LogP contribution in [0.4, 0.5) is 0 Å². The molecule has 1 aromatic heterocycles. The fraction of sp³-hybridized carbons (Fsp3) is 0.474. The Labute approximate surface area is 177 Å². The molecule has 154 valence electrons. The number of amides is 1.